The number of aromatic nitrogens is 3. The normalized spacial score (nSPS) is 12.7. The summed E-state index contributed by atoms with van der Waals surface area (Å²) in [4.78, 5) is 9.05. The molecule has 2 aromatic heterocycles. The molecule has 0 aliphatic carbocycles. The van der Waals surface area contributed by atoms with Gasteiger partial charge in [-0.2, -0.15) is 0 Å². The minimum absolute atomic E-state index is 0.422. The van der Waals surface area contributed by atoms with Crippen molar-refractivity contribution < 1.29 is 4.55 Å². The lowest BCUT2D eigenvalue weighted by atomic mass is 10.2. The van der Waals surface area contributed by atoms with E-state index in [0.29, 0.717) is 38.6 Å². The highest BCUT2D eigenvalue weighted by molar-refractivity contribution is 7.91. The molecule has 3 aromatic rings. The van der Waals surface area contributed by atoms with Gasteiger partial charge in [0.2, 0.25) is 0 Å². The molecule has 3 rings (SSSR count). The van der Waals surface area contributed by atoms with E-state index in [9.17, 15) is 4.55 Å². The molecule has 0 bridgehead atoms. The summed E-state index contributed by atoms with van der Waals surface area (Å²) in [5.41, 5.74) is 8.55. The molecule has 5 nitrogen and oxygen atoms in total. The minimum Gasteiger partial charge on any atom is -0.611 e. The van der Waals surface area contributed by atoms with E-state index in [2.05, 4.69) is 9.97 Å². The van der Waals surface area contributed by atoms with E-state index >= 15 is 0 Å². The number of nitrogens with zero attached hydrogens (tertiary/aromatic N) is 3. The summed E-state index contributed by atoms with van der Waals surface area (Å²) in [5.74, 6) is 0.923. The Morgan fingerprint density at radius 1 is 1.29 bits per heavy atom. The van der Waals surface area contributed by atoms with Gasteiger partial charge >= 0.3 is 0 Å². The first-order valence-electron chi connectivity index (χ1n) is 7.36. The van der Waals surface area contributed by atoms with Crippen LogP contribution in [-0.4, -0.2) is 24.8 Å². The predicted octanol–water partition coefficient (Wildman–Crippen LogP) is 3.83. The van der Waals surface area contributed by atoms with Crippen LogP contribution < -0.4 is 5.73 Å². The van der Waals surface area contributed by atoms with Crippen LogP contribution in [0.1, 0.15) is 12.0 Å². The minimum atomic E-state index is -1.17. The van der Waals surface area contributed by atoms with E-state index in [1.54, 1.807) is 30.7 Å². The van der Waals surface area contributed by atoms with Crippen molar-refractivity contribution in [2.45, 2.75) is 24.8 Å². The molecule has 0 spiro atoms. The van der Waals surface area contributed by atoms with Gasteiger partial charge in [0.25, 0.3) is 0 Å². The van der Waals surface area contributed by atoms with E-state index in [1.807, 2.05) is 11.5 Å². The number of hydrogen-bond acceptors (Lipinski definition) is 4. The maximum Gasteiger partial charge on any atom is 0.171 e. The Morgan fingerprint density at radius 3 is 2.83 bits per heavy atom. The molecule has 0 fully saturated rings. The van der Waals surface area contributed by atoms with E-state index in [0.717, 1.165) is 17.5 Å². The van der Waals surface area contributed by atoms with Gasteiger partial charge in [-0.05, 0) is 41.9 Å². The molecule has 2 heterocycles. The van der Waals surface area contributed by atoms with Crippen molar-refractivity contribution in [2.24, 2.45) is 0 Å². The van der Waals surface area contributed by atoms with Crippen molar-refractivity contribution in [2.75, 3.05) is 11.5 Å². The summed E-state index contributed by atoms with van der Waals surface area (Å²) in [5, 5.41) is 0.968. The Kier molecular flexibility index (Phi) is 5.20. The van der Waals surface area contributed by atoms with Gasteiger partial charge in [-0.25, -0.2) is 9.97 Å². The maximum absolute atomic E-state index is 12.4. The van der Waals surface area contributed by atoms with Crippen LogP contribution in [0.2, 0.25) is 10.0 Å². The van der Waals surface area contributed by atoms with Gasteiger partial charge in [0.05, 0.1) is 16.9 Å². The fraction of sp³-hybridized carbons (Fsp3) is 0.250. The molecule has 0 aliphatic heterocycles. The number of nitrogens with two attached hydrogens (primary N) is 1. The number of benzene rings is 1. The molecule has 1 unspecified atom stereocenters. The monoisotopic (exact) mass is 382 g/mol. The summed E-state index contributed by atoms with van der Waals surface area (Å²) in [7, 11) is 0. The van der Waals surface area contributed by atoms with Gasteiger partial charge in [0, 0.05) is 24.2 Å². The molecule has 2 N–H and O–H groups in total. The predicted molar refractivity (Wildman–Crippen MR) is 99.0 cm³/mol. The Hall–Kier alpha value is -1.47. The smallest absolute Gasteiger partial charge is 0.171 e. The van der Waals surface area contributed by atoms with E-state index in [-0.39, 0.29) is 0 Å². The second-order valence-corrected chi connectivity index (χ2v) is 7.82. The fourth-order valence-corrected chi connectivity index (χ4v) is 4.35. The average molecular weight is 383 g/mol. The van der Waals surface area contributed by atoms with Crippen LogP contribution >= 0.6 is 23.2 Å². The van der Waals surface area contributed by atoms with Crippen molar-refractivity contribution in [3.63, 3.8) is 0 Å². The molecule has 0 amide bonds. The Labute approximate surface area is 153 Å². The molecule has 0 saturated heterocycles. The molecule has 0 aliphatic rings. The number of pyridine rings is 1. The van der Waals surface area contributed by atoms with Crippen LogP contribution in [0.4, 0.5) is 5.82 Å². The van der Waals surface area contributed by atoms with Crippen molar-refractivity contribution in [1.82, 2.24) is 14.5 Å². The topological polar surface area (TPSA) is 79.8 Å². The molecule has 8 heteroatoms. The summed E-state index contributed by atoms with van der Waals surface area (Å²) in [6, 6.07) is 5.02. The Balaban J connectivity index is 1.69. The highest BCUT2D eigenvalue weighted by atomic mass is 35.5. The SMILES string of the molecule is Cc1cnc(N)c2ncn(CCC[S+]([O-])c3ccc(Cl)cc3Cl)c12. The Morgan fingerprint density at radius 2 is 2.08 bits per heavy atom. The first-order chi connectivity index (χ1) is 11.5. The van der Waals surface area contributed by atoms with E-state index < -0.39 is 11.2 Å². The zero-order chi connectivity index (χ0) is 17.3. The third-order valence-electron chi connectivity index (χ3n) is 3.72. The van der Waals surface area contributed by atoms with Crippen LogP contribution in [0.3, 0.4) is 0 Å². The van der Waals surface area contributed by atoms with Gasteiger partial charge in [0.15, 0.2) is 10.7 Å². The third-order valence-corrected chi connectivity index (χ3v) is 5.89. The molecule has 0 radical (unpaired) electrons. The number of fused-ring (bicyclic) bond motifs is 1. The van der Waals surface area contributed by atoms with Gasteiger partial charge < -0.3 is 14.9 Å². The van der Waals surface area contributed by atoms with Gasteiger partial charge in [0.1, 0.15) is 11.3 Å². The first kappa shape index (κ1) is 17.4. The largest absolute Gasteiger partial charge is 0.611 e. The maximum atomic E-state index is 12.4. The lowest BCUT2D eigenvalue weighted by Crippen LogP contribution is -2.10. The number of nitrogen functional groups attached to an aromatic ring is 1. The molecule has 1 aromatic carbocycles. The number of rotatable bonds is 5. The van der Waals surface area contributed by atoms with Crippen molar-refractivity contribution in [3.05, 3.63) is 46.3 Å². The lowest BCUT2D eigenvalue weighted by Gasteiger charge is -2.12. The zero-order valence-corrected chi connectivity index (χ0v) is 15.3. The highest BCUT2D eigenvalue weighted by Gasteiger charge is 2.16. The van der Waals surface area contributed by atoms with E-state index in [4.69, 9.17) is 28.9 Å². The number of imidazole rings is 1. The van der Waals surface area contributed by atoms with Crippen molar-refractivity contribution >= 4 is 51.2 Å². The number of hydrogen-bond donors (Lipinski definition) is 1. The Bertz CT molecular complexity index is 884. The van der Waals surface area contributed by atoms with Crippen LogP contribution in [0.5, 0.6) is 0 Å². The molecule has 24 heavy (non-hydrogen) atoms. The number of halogens is 2. The summed E-state index contributed by atoms with van der Waals surface area (Å²) in [6.45, 7) is 2.66. The lowest BCUT2D eigenvalue weighted by molar-refractivity contribution is 0.586. The summed E-state index contributed by atoms with van der Waals surface area (Å²) in [6.07, 6.45) is 4.20. The van der Waals surface area contributed by atoms with Gasteiger partial charge in [-0.1, -0.05) is 23.2 Å². The molecule has 1 atom stereocenters. The fourth-order valence-electron chi connectivity index (χ4n) is 2.58. The zero-order valence-electron chi connectivity index (χ0n) is 13.0. The molecular formula is C16H16Cl2N4OS. The van der Waals surface area contributed by atoms with Crippen LogP contribution in [-0.2, 0) is 17.7 Å². The third kappa shape index (κ3) is 3.47. The van der Waals surface area contributed by atoms with Crippen LogP contribution in [0.25, 0.3) is 11.0 Å². The second-order valence-electron chi connectivity index (χ2n) is 5.44. The van der Waals surface area contributed by atoms with Crippen LogP contribution in [0, 0.1) is 6.92 Å². The molecule has 0 saturated carbocycles. The molecule has 126 valence electrons. The first-order valence-corrected chi connectivity index (χ1v) is 9.44. The number of aryl methyl sites for hydroxylation is 2. The van der Waals surface area contributed by atoms with E-state index in [1.165, 1.54) is 0 Å². The number of anilines is 1. The highest BCUT2D eigenvalue weighted by Crippen LogP contribution is 2.26. The molecular weight excluding hydrogens is 367 g/mol. The second kappa shape index (κ2) is 7.19. The summed E-state index contributed by atoms with van der Waals surface area (Å²) >= 11 is 10.8. The van der Waals surface area contributed by atoms with Crippen LogP contribution in [0.15, 0.2) is 35.6 Å². The van der Waals surface area contributed by atoms with Crippen molar-refractivity contribution in [1.29, 1.82) is 0 Å². The summed E-state index contributed by atoms with van der Waals surface area (Å²) < 4.78 is 14.4. The van der Waals surface area contributed by atoms with Gasteiger partial charge in [-0.3, -0.25) is 0 Å². The standard InChI is InChI=1S/C16H16Cl2N4OS/c1-10-8-20-16(19)14-15(10)22(9-21-14)5-2-6-24(23)13-4-3-11(17)7-12(13)18/h3-4,7-9H,2,5-6H2,1H3,(H2,19,20). The van der Waals surface area contributed by atoms with Crippen molar-refractivity contribution in [3.8, 4) is 0 Å². The van der Waals surface area contributed by atoms with Gasteiger partial charge in [-0.15, -0.1) is 0 Å². The average Bonchev–Trinajstić information content (AvgIpc) is 2.96. The quantitative estimate of drug-likeness (QED) is 0.679.